The first-order valence-corrected chi connectivity index (χ1v) is 12.3. The number of piperazine rings is 1. The van der Waals surface area contributed by atoms with Crippen LogP contribution < -0.4 is 13.9 Å². The van der Waals surface area contributed by atoms with E-state index in [0.29, 0.717) is 37.8 Å². The number of ether oxygens (including phenoxy) is 1. The number of hydrogen-bond donors (Lipinski definition) is 0. The van der Waals surface area contributed by atoms with Gasteiger partial charge in [-0.25, -0.2) is 8.42 Å². The summed E-state index contributed by atoms with van der Waals surface area (Å²) in [6, 6.07) is 15.2. The van der Waals surface area contributed by atoms with Crippen molar-refractivity contribution in [3.05, 3.63) is 54.1 Å². The standard InChI is InChI=1S/C23H31N3O4S/c1-18(2)19-5-7-21(8-6-19)26(31(4,28)29)17-23(27)25-15-13-24(14-16-25)20-9-11-22(30-3)12-10-20/h5-12,18H,13-17H2,1-4H3. The monoisotopic (exact) mass is 445 g/mol. The van der Waals surface area contributed by atoms with Crippen molar-refractivity contribution in [3.63, 3.8) is 0 Å². The number of methoxy groups -OCH3 is 1. The highest BCUT2D eigenvalue weighted by Crippen LogP contribution is 2.23. The van der Waals surface area contributed by atoms with Gasteiger partial charge in [0.1, 0.15) is 12.3 Å². The van der Waals surface area contributed by atoms with Gasteiger partial charge in [0, 0.05) is 31.9 Å². The molecule has 31 heavy (non-hydrogen) atoms. The van der Waals surface area contributed by atoms with Crippen molar-refractivity contribution in [2.75, 3.05) is 55.3 Å². The van der Waals surface area contributed by atoms with Gasteiger partial charge in [-0.2, -0.15) is 0 Å². The lowest BCUT2D eigenvalue weighted by Gasteiger charge is -2.37. The molecule has 7 nitrogen and oxygen atoms in total. The third kappa shape index (κ3) is 5.70. The molecule has 0 aromatic heterocycles. The number of carbonyl (C=O) groups excluding carboxylic acids is 1. The zero-order valence-corrected chi connectivity index (χ0v) is 19.4. The topological polar surface area (TPSA) is 70.2 Å². The van der Waals surface area contributed by atoms with Gasteiger partial charge in [-0.15, -0.1) is 0 Å². The summed E-state index contributed by atoms with van der Waals surface area (Å²) in [4.78, 5) is 16.9. The van der Waals surface area contributed by atoms with Crippen LogP contribution in [-0.2, 0) is 14.8 Å². The Hall–Kier alpha value is -2.74. The summed E-state index contributed by atoms with van der Waals surface area (Å²) in [5.74, 6) is 0.969. The van der Waals surface area contributed by atoms with Crippen LogP contribution in [0, 0.1) is 0 Å². The van der Waals surface area contributed by atoms with Crippen LogP contribution in [-0.4, -0.2) is 65.3 Å². The van der Waals surface area contributed by atoms with Gasteiger partial charge < -0.3 is 14.5 Å². The van der Waals surface area contributed by atoms with Gasteiger partial charge in [0.05, 0.1) is 19.1 Å². The zero-order valence-electron chi connectivity index (χ0n) is 18.6. The largest absolute Gasteiger partial charge is 0.497 e. The number of benzene rings is 2. The predicted molar refractivity (Wildman–Crippen MR) is 125 cm³/mol. The second kappa shape index (κ2) is 9.60. The molecule has 0 bridgehead atoms. The molecule has 3 rings (SSSR count). The summed E-state index contributed by atoms with van der Waals surface area (Å²) in [6.07, 6.45) is 1.14. The maximum Gasteiger partial charge on any atom is 0.243 e. The van der Waals surface area contributed by atoms with Crippen LogP contribution in [0.2, 0.25) is 0 Å². The Balaban J connectivity index is 1.64. The van der Waals surface area contributed by atoms with Crippen LogP contribution >= 0.6 is 0 Å². The van der Waals surface area contributed by atoms with Crippen molar-refractivity contribution in [1.82, 2.24) is 4.90 Å². The SMILES string of the molecule is COc1ccc(N2CCN(C(=O)CN(c3ccc(C(C)C)cc3)S(C)(=O)=O)CC2)cc1. The normalized spacial score (nSPS) is 14.6. The van der Waals surface area contributed by atoms with Gasteiger partial charge >= 0.3 is 0 Å². The van der Waals surface area contributed by atoms with Crippen molar-refractivity contribution in [3.8, 4) is 5.75 Å². The molecule has 0 saturated carbocycles. The number of rotatable bonds is 7. The highest BCUT2D eigenvalue weighted by Gasteiger charge is 2.26. The summed E-state index contributed by atoms with van der Waals surface area (Å²) in [5.41, 5.74) is 2.71. The zero-order chi connectivity index (χ0) is 22.6. The summed E-state index contributed by atoms with van der Waals surface area (Å²) in [7, 11) is -1.94. The second-order valence-electron chi connectivity index (χ2n) is 8.08. The Morgan fingerprint density at radius 3 is 2.06 bits per heavy atom. The summed E-state index contributed by atoms with van der Waals surface area (Å²) < 4.78 is 31.2. The molecule has 0 radical (unpaired) electrons. The lowest BCUT2D eigenvalue weighted by Crippen LogP contribution is -2.52. The molecule has 0 unspecified atom stereocenters. The first-order chi connectivity index (χ1) is 14.7. The summed E-state index contributed by atoms with van der Waals surface area (Å²) in [6.45, 7) is 6.46. The molecule has 1 aliphatic heterocycles. The smallest absolute Gasteiger partial charge is 0.243 e. The van der Waals surface area contributed by atoms with Crippen molar-refractivity contribution in [1.29, 1.82) is 0 Å². The average Bonchev–Trinajstić information content (AvgIpc) is 2.77. The van der Waals surface area contributed by atoms with E-state index in [0.717, 1.165) is 23.3 Å². The maximum absolute atomic E-state index is 12.9. The molecule has 0 aliphatic carbocycles. The number of amides is 1. The highest BCUT2D eigenvalue weighted by atomic mass is 32.2. The third-order valence-corrected chi connectivity index (χ3v) is 6.74. The van der Waals surface area contributed by atoms with Crippen LogP contribution in [0.5, 0.6) is 5.75 Å². The molecular formula is C23H31N3O4S. The van der Waals surface area contributed by atoms with E-state index >= 15 is 0 Å². The molecule has 1 fully saturated rings. The second-order valence-corrected chi connectivity index (χ2v) is 9.99. The van der Waals surface area contributed by atoms with E-state index in [4.69, 9.17) is 4.74 Å². The van der Waals surface area contributed by atoms with Gasteiger partial charge in [-0.1, -0.05) is 26.0 Å². The van der Waals surface area contributed by atoms with E-state index in [1.165, 1.54) is 4.31 Å². The van der Waals surface area contributed by atoms with Crippen molar-refractivity contribution in [2.45, 2.75) is 19.8 Å². The number of nitrogens with zero attached hydrogens (tertiary/aromatic N) is 3. The quantitative estimate of drug-likeness (QED) is 0.655. The van der Waals surface area contributed by atoms with E-state index in [9.17, 15) is 13.2 Å². The Morgan fingerprint density at radius 1 is 1.00 bits per heavy atom. The number of sulfonamides is 1. The Labute approximate surface area is 185 Å². The van der Waals surface area contributed by atoms with E-state index in [-0.39, 0.29) is 12.5 Å². The molecule has 1 saturated heterocycles. The van der Waals surface area contributed by atoms with Crippen LogP contribution in [0.15, 0.2) is 48.5 Å². The molecule has 0 spiro atoms. The molecule has 1 heterocycles. The van der Waals surface area contributed by atoms with E-state index in [1.807, 2.05) is 36.4 Å². The Bertz CT molecular complexity index is 980. The molecule has 8 heteroatoms. The molecule has 2 aromatic carbocycles. The van der Waals surface area contributed by atoms with E-state index < -0.39 is 10.0 Å². The lowest BCUT2D eigenvalue weighted by molar-refractivity contribution is -0.129. The molecule has 2 aromatic rings. The van der Waals surface area contributed by atoms with Crippen molar-refractivity contribution < 1.29 is 17.9 Å². The molecule has 1 amide bonds. The Kier molecular flexibility index (Phi) is 7.10. The average molecular weight is 446 g/mol. The fraction of sp³-hybridized carbons (Fsp3) is 0.435. The minimum absolute atomic E-state index is 0.187. The lowest BCUT2D eigenvalue weighted by atomic mass is 10.0. The predicted octanol–water partition coefficient (Wildman–Crippen LogP) is 2.93. The molecule has 168 valence electrons. The molecule has 1 aliphatic rings. The van der Waals surface area contributed by atoms with Crippen molar-refractivity contribution in [2.24, 2.45) is 0 Å². The van der Waals surface area contributed by atoms with Crippen LogP contribution in [0.1, 0.15) is 25.3 Å². The van der Waals surface area contributed by atoms with Crippen LogP contribution in [0.25, 0.3) is 0 Å². The van der Waals surface area contributed by atoms with Gasteiger partial charge in [-0.3, -0.25) is 9.10 Å². The molecular weight excluding hydrogens is 414 g/mol. The molecule has 0 N–H and O–H groups in total. The highest BCUT2D eigenvalue weighted by molar-refractivity contribution is 7.92. The van der Waals surface area contributed by atoms with Gasteiger partial charge in [0.25, 0.3) is 0 Å². The minimum atomic E-state index is -3.58. The van der Waals surface area contributed by atoms with Gasteiger partial charge in [0.15, 0.2) is 0 Å². The van der Waals surface area contributed by atoms with Crippen LogP contribution in [0.4, 0.5) is 11.4 Å². The summed E-state index contributed by atoms with van der Waals surface area (Å²) >= 11 is 0. The molecule has 0 atom stereocenters. The summed E-state index contributed by atoms with van der Waals surface area (Å²) in [5, 5.41) is 0. The minimum Gasteiger partial charge on any atom is -0.497 e. The van der Waals surface area contributed by atoms with Crippen LogP contribution in [0.3, 0.4) is 0 Å². The van der Waals surface area contributed by atoms with E-state index in [1.54, 1.807) is 24.1 Å². The first kappa shape index (κ1) is 22.9. The van der Waals surface area contributed by atoms with Crippen molar-refractivity contribution >= 4 is 27.3 Å². The fourth-order valence-electron chi connectivity index (χ4n) is 3.66. The van der Waals surface area contributed by atoms with Gasteiger partial charge in [-0.05, 0) is 47.9 Å². The maximum atomic E-state index is 12.9. The fourth-order valence-corrected chi connectivity index (χ4v) is 4.51. The van der Waals surface area contributed by atoms with Gasteiger partial charge in [0.2, 0.25) is 15.9 Å². The van der Waals surface area contributed by atoms with E-state index in [2.05, 4.69) is 18.7 Å². The number of carbonyl (C=O) groups is 1. The first-order valence-electron chi connectivity index (χ1n) is 10.4. The number of hydrogen-bond acceptors (Lipinski definition) is 5. The Morgan fingerprint density at radius 2 is 1.58 bits per heavy atom. The third-order valence-electron chi connectivity index (χ3n) is 5.60. The number of anilines is 2.